The summed E-state index contributed by atoms with van der Waals surface area (Å²) in [5, 5.41) is 0. The lowest BCUT2D eigenvalue weighted by molar-refractivity contribution is 0.563. The lowest BCUT2D eigenvalue weighted by atomic mass is 9.67. The van der Waals surface area contributed by atoms with Crippen molar-refractivity contribution in [3.63, 3.8) is 0 Å². The summed E-state index contributed by atoms with van der Waals surface area (Å²) < 4.78 is 0. The van der Waals surface area contributed by atoms with Crippen LogP contribution in [0.5, 0.6) is 0 Å². The summed E-state index contributed by atoms with van der Waals surface area (Å²) in [5.41, 5.74) is 25.3. The average molecular weight is 1150 g/mol. The van der Waals surface area contributed by atoms with Gasteiger partial charge in [0.25, 0.3) is 0 Å². The van der Waals surface area contributed by atoms with Crippen molar-refractivity contribution in [3.8, 4) is 22.3 Å². The van der Waals surface area contributed by atoms with Crippen molar-refractivity contribution in [1.82, 2.24) is 0 Å². The zero-order valence-electron chi connectivity index (χ0n) is 49.0. The molecule has 0 atom stereocenters. The molecule has 0 amide bonds. The van der Waals surface area contributed by atoms with Crippen LogP contribution in [-0.4, -0.2) is 30.1 Å². The molecule has 11 aromatic rings. The molecule has 2 saturated heterocycles. The maximum atomic E-state index is 2.61. The van der Waals surface area contributed by atoms with E-state index in [4.69, 9.17) is 0 Å². The van der Waals surface area contributed by atoms with E-state index >= 15 is 0 Å². The Morgan fingerprint density at radius 1 is 0.337 bits per heavy atom. The molecular weight excluding hydrogens is 1080 g/mol. The van der Waals surface area contributed by atoms with Crippen LogP contribution in [0.2, 0.25) is 0 Å². The van der Waals surface area contributed by atoms with Crippen LogP contribution in [0.4, 0.5) is 28.4 Å². The highest BCUT2D eigenvalue weighted by molar-refractivity contribution is 8.34. The molecule has 4 heteroatoms. The van der Waals surface area contributed by atoms with Gasteiger partial charge in [-0.1, -0.05) is 213 Å². The fourth-order valence-corrected chi connectivity index (χ4v) is 26.1. The average Bonchev–Trinajstić information content (AvgIpc) is 1.49. The minimum Gasteiger partial charge on any atom is -0.343 e. The molecule has 18 rings (SSSR count). The first-order valence-electron chi connectivity index (χ1n) is 31.4. The number of hydrogen-bond donors (Lipinski definition) is 0. The number of hydrogen-bond acceptors (Lipinski definition) is 2. The largest absolute Gasteiger partial charge is 0.343 e. The molecule has 420 valence electrons. The van der Waals surface area contributed by atoms with Gasteiger partial charge in [-0.15, -0.1) is 0 Å². The highest BCUT2D eigenvalue weighted by Crippen LogP contribution is 2.75. The van der Waals surface area contributed by atoms with Gasteiger partial charge in [0.2, 0.25) is 0 Å². The molecule has 2 nitrogen and oxygen atoms in total. The van der Waals surface area contributed by atoms with Crippen molar-refractivity contribution in [2.75, 3.05) is 39.9 Å². The Morgan fingerprint density at radius 3 is 1.28 bits per heavy atom. The highest BCUT2D eigenvalue weighted by Gasteiger charge is 2.50. The van der Waals surface area contributed by atoms with E-state index in [1.165, 1.54) is 161 Å². The quantitative estimate of drug-likeness (QED) is 0.159. The standard InChI is InChI=1S/C64H49NS.C18H21NS/c1-3-19-48(20-4-1)64(49-21-5-2-6-22-49)55-24-10-9-23-51(55)54-35-32-45(40-58(54)64)30-29-44-31-34-52-53-36-33-50(41-57(53)63(56(52)39-44)42-46-17-7-8-18-47(46)43-63)65-59-25-11-13-27-61(59)66(37-15-16-38-66)62-28-14-12-26-60(62)65;1-19-15-9-3-5-11-17(15)20(13-7-2-8-14-20)18-12-6-4-10-16(18)19/h1-14,17-36,39-41H,15-16,37-38,42-43H2;3-6,9-12H,2,7-8,13-14H2,1H3/b30-29+;. The van der Waals surface area contributed by atoms with Crippen LogP contribution in [0.1, 0.15) is 87.7 Å². The molecule has 0 radical (unpaired) electrons. The van der Waals surface area contributed by atoms with E-state index in [-0.39, 0.29) is 5.41 Å². The molecule has 86 heavy (non-hydrogen) atoms. The van der Waals surface area contributed by atoms with Crippen molar-refractivity contribution in [2.24, 2.45) is 0 Å². The second-order valence-corrected chi connectivity index (χ2v) is 31.9. The van der Waals surface area contributed by atoms with Crippen LogP contribution >= 0.6 is 20.1 Å². The molecule has 7 aliphatic rings. The third-order valence-electron chi connectivity index (χ3n) is 20.8. The summed E-state index contributed by atoms with van der Waals surface area (Å²) in [6, 6.07) is 99.2. The normalized spacial score (nSPS) is 18.3. The van der Waals surface area contributed by atoms with Crippen molar-refractivity contribution >= 4 is 60.6 Å². The third kappa shape index (κ3) is 7.61. The second kappa shape index (κ2) is 20.3. The van der Waals surface area contributed by atoms with Gasteiger partial charge in [-0.2, -0.15) is 20.1 Å². The zero-order chi connectivity index (χ0) is 57.0. The molecular formula is C82H70N2S2. The summed E-state index contributed by atoms with van der Waals surface area (Å²) in [7, 11) is 0.362. The van der Waals surface area contributed by atoms with Gasteiger partial charge in [0.15, 0.2) is 0 Å². The van der Waals surface area contributed by atoms with Gasteiger partial charge in [0.05, 0.1) is 28.2 Å². The molecule has 0 bridgehead atoms. The first kappa shape index (κ1) is 51.8. The lowest BCUT2D eigenvalue weighted by Crippen LogP contribution is -2.28. The zero-order valence-corrected chi connectivity index (χ0v) is 50.6. The fourth-order valence-electron chi connectivity index (χ4n) is 17.0. The minimum absolute atomic E-state index is 0.148. The molecule has 4 aliphatic heterocycles. The van der Waals surface area contributed by atoms with Gasteiger partial charge < -0.3 is 9.80 Å². The Kier molecular flexibility index (Phi) is 12.2. The third-order valence-corrected chi connectivity index (χ3v) is 29.4. The highest BCUT2D eigenvalue weighted by atomic mass is 32.3. The molecule has 4 heterocycles. The van der Waals surface area contributed by atoms with E-state index in [9.17, 15) is 0 Å². The van der Waals surface area contributed by atoms with Crippen LogP contribution in [-0.2, 0) is 23.7 Å². The number of para-hydroxylation sites is 4. The Labute approximate surface area is 511 Å². The van der Waals surface area contributed by atoms with Crippen molar-refractivity contribution in [1.29, 1.82) is 0 Å². The Morgan fingerprint density at radius 2 is 0.733 bits per heavy atom. The van der Waals surface area contributed by atoms with E-state index in [2.05, 4.69) is 290 Å². The Bertz CT molecular complexity index is 4340. The van der Waals surface area contributed by atoms with Gasteiger partial charge in [0, 0.05) is 37.7 Å². The summed E-state index contributed by atoms with van der Waals surface area (Å²) in [6.07, 6.45) is 13.5. The number of rotatable bonds is 5. The second-order valence-electron chi connectivity index (χ2n) is 25.0. The predicted octanol–water partition coefficient (Wildman–Crippen LogP) is 21.3. The summed E-state index contributed by atoms with van der Waals surface area (Å²) in [6.45, 7) is 0. The van der Waals surface area contributed by atoms with Crippen LogP contribution in [0.15, 0.2) is 280 Å². The Hall–Kier alpha value is -8.54. The van der Waals surface area contributed by atoms with Gasteiger partial charge in [-0.25, -0.2) is 0 Å². The van der Waals surface area contributed by atoms with Crippen LogP contribution in [0.25, 0.3) is 34.4 Å². The smallest absolute Gasteiger partial charge is 0.0713 e. The topological polar surface area (TPSA) is 6.48 Å². The number of anilines is 5. The minimum atomic E-state index is -1.06. The van der Waals surface area contributed by atoms with E-state index in [0.29, 0.717) is 0 Å². The van der Waals surface area contributed by atoms with Crippen molar-refractivity contribution < 1.29 is 0 Å². The van der Waals surface area contributed by atoms with E-state index in [0.717, 1.165) is 12.8 Å². The summed E-state index contributed by atoms with van der Waals surface area (Å²) >= 11 is 0. The molecule has 2 fully saturated rings. The van der Waals surface area contributed by atoms with Gasteiger partial charge in [0.1, 0.15) is 0 Å². The maximum absolute atomic E-state index is 2.61. The van der Waals surface area contributed by atoms with E-state index in [1.807, 2.05) is 0 Å². The SMILES string of the molecule is C(=C\c1ccc2c(c1)C(c1ccccc1)(c1ccccc1)c1ccccc1-2)/c1ccc2c(c1)C1(Cc3ccccc3C1)c1cc(N3c4ccccc4S4(CCCC4)c4ccccc43)ccc1-2.CN1c2ccccc2S2(CCCCC2)c2ccccc21. The van der Waals surface area contributed by atoms with Crippen LogP contribution in [0.3, 0.4) is 0 Å². The molecule has 11 aromatic carbocycles. The first-order valence-corrected chi connectivity index (χ1v) is 35.3. The summed E-state index contributed by atoms with van der Waals surface area (Å²) in [5.74, 6) is 5.37. The van der Waals surface area contributed by atoms with Crippen molar-refractivity contribution in [3.05, 3.63) is 316 Å². The van der Waals surface area contributed by atoms with Crippen molar-refractivity contribution in [2.45, 2.75) is 75.4 Å². The predicted molar refractivity (Wildman–Crippen MR) is 366 cm³/mol. The van der Waals surface area contributed by atoms with Crippen LogP contribution < -0.4 is 9.80 Å². The molecule has 3 aliphatic carbocycles. The van der Waals surface area contributed by atoms with Gasteiger partial charge in [-0.3, -0.25) is 0 Å². The van der Waals surface area contributed by atoms with Gasteiger partial charge >= 0.3 is 0 Å². The van der Waals surface area contributed by atoms with Gasteiger partial charge in [-0.05, 0) is 206 Å². The molecule has 0 unspecified atom stereocenters. The molecule has 0 aromatic heterocycles. The van der Waals surface area contributed by atoms with E-state index in [1.54, 1.807) is 19.6 Å². The Balaban J connectivity index is 0.000000244. The van der Waals surface area contributed by atoms with Crippen LogP contribution in [0, 0.1) is 0 Å². The molecule has 3 spiro atoms. The maximum Gasteiger partial charge on any atom is 0.0713 e. The number of nitrogens with zero attached hydrogens (tertiary/aromatic N) is 2. The molecule has 0 N–H and O–H groups in total. The molecule has 0 saturated carbocycles. The fraction of sp³-hybridized carbons (Fsp3) is 0.171. The number of fused-ring (bicyclic) bond motifs is 17. The number of benzene rings is 11. The lowest BCUT2D eigenvalue weighted by Gasteiger charge is -2.50. The monoisotopic (exact) mass is 1150 g/mol. The van der Waals surface area contributed by atoms with E-state index < -0.39 is 25.5 Å². The summed E-state index contributed by atoms with van der Waals surface area (Å²) in [4.78, 5) is 11.4. The first-order chi connectivity index (χ1) is 42.5.